The topological polar surface area (TPSA) is 76.4 Å². The van der Waals surface area contributed by atoms with E-state index in [-0.39, 0.29) is 11.9 Å². The quantitative estimate of drug-likeness (QED) is 0.831. The van der Waals surface area contributed by atoms with Crippen LogP contribution in [0.15, 0.2) is 24.8 Å². The van der Waals surface area contributed by atoms with Crippen LogP contribution in [0.5, 0.6) is 5.75 Å². The van der Waals surface area contributed by atoms with Crippen molar-refractivity contribution in [3.8, 4) is 5.75 Å². The van der Waals surface area contributed by atoms with Crippen LogP contribution in [0.2, 0.25) is 0 Å². The van der Waals surface area contributed by atoms with Gasteiger partial charge in [0.1, 0.15) is 0 Å². The van der Waals surface area contributed by atoms with Gasteiger partial charge in [0.2, 0.25) is 5.95 Å². The third-order valence-corrected chi connectivity index (χ3v) is 4.35. The van der Waals surface area contributed by atoms with E-state index in [1.165, 1.54) is 0 Å². The van der Waals surface area contributed by atoms with Crippen LogP contribution >= 0.6 is 0 Å². The number of rotatable bonds is 4. The van der Waals surface area contributed by atoms with Gasteiger partial charge >= 0.3 is 0 Å². The number of hydrogen-bond acceptors (Lipinski definition) is 6. The molecule has 2 aromatic rings. The molecule has 2 aromatic heterocycles. The number of anilines is 1. The second-order valence-corrected chi connectivity index (χ2v) is 5.98. The molecular weight excluding hydrogens is 308 g/mol. The summed E-state index contributed by atoms with van der Waals surface area (Å²) in [5, 5.41) is 4.07. The SMILES string of the molecule is COc1cnc(N2CCCC(N(C)C(=O)c3cnn(C)c3)C2)nc1. The average Bonchev–Trinajstić information content (AvgIpc) is 3.07. The lowest BCUT2D eigenvalue weighted by Crippen LogP contribution is -2.49. The van der Waals surface area contributed by atoms with E-state index in [4.69, 9.17) is 4.74 Å². The van der Waals surface area contributed by atoms with Crippen molar-refractivity contribution in [2.45, 2.75) is 18.9 Å². The van der Waals surface area contributed by atoms with E-state index in [1.54, 1.807) is 48.5 Å². The Hall–Kier alpha value is -2.64. The molecule has 0 spiro atoms. The van der Waals surface area contributed by atoms with Crippen LogP contribution in [-0.4, -0.2) is 63.8 Å². The maximum absolute atomic E-state index is 12.6. The molecule has 3 rings (SSSR count). The Kier molecular flexibility index (Phi) is 4.64. The number of nitrogens with zero attached hydrogens (tertiary/aromatic N) is 6. The number of carbonyl (C=O) groups excluding carboxylic acids is 1. The van der Waals surface area contributed by atoms with E-state index in [0.717, 1.165) is 25.9 Å². The van der Waals surface area contributed by atoms with Crippen molar-refractivity contribution in [3.05, 3.63) is 30.4 Å². The number of hydrogen-bond donors (Lipinski definition) is 0. The molecule has 0 saturated carbocycles. The molecule has 0 bridgehead atoms. The van der Waals surface area contributed by atoms with E-state index in [2.05, 4.69) is 20.0 Å². The zero-order valence-electron chi connectivity index (χ0n) is 14.2. The largest absolute Gasteiger partial charge is 0.494 e. The highest BCUT2D eigenvalue weighted by Crippen LogP contribution is 2.21. The van der Waals surface area contributed by atoms with Crippen LogP contribution in [0.3, 0.4) is 0 Å². The molecule has 128 valence electrons. The Balaban J connectivity index is 1.69. The smallest absolute Gasteiger partial charge is 0.257 e. The van der Waals surface area contributed by atoms with E-state index in [0.29, 0.717) is 17.3 Å². The van der Waals surface area contributed by atoms with Crippen molar-refractivity contribution in [2.24, 2.45) is 7.05 Å². The summed E-state index contributed by atoms with van der Waals surface area (Å²) in [6.07, 6.45) is 8.63. The molecule has 0 aromatic carbocycles. The summed E-state index contributed by atoms with van der Waals surface area (Å²) < 4.78 is 6.73. The van der Waals surface area contributed by atoms with Crippen molar-refractivity contribution in [2.75, 3.05) is 32.1 Å². The molecule has 1 fully saturated rings. The first-order valence-corrected chi connectivity index (χ1v) is 7.95. The number of carbonyl (C=O) groups is 1. The fraction of sp³-hybridized carbons (Fsp3) is 0.500. The Labute approximate surface area is 141 Å². The van der Waals surface area contributed by atoms with Gasteiger partial charge in [0.15, 0.2) is 5.75 Å². The summed E-state index contributed by atoms with van der Waals surface area (Å²) in [7, 11) is 5.24. The van der Waals surface area contributed by atoms with Gasteiger partial charge in [-0.15, -0.1) is 0 Å². The summed E-state index contributed by atoms with van der Waals surface area (Å²) in [6, 6.07) is 0.122. The summed E-state index contributed by atoms with van der Waals surface area (Å²) in [5.74, 6) is 1.30. The van der Waals surface area contributed by atoms with Gasteiger partial charge in [0.25, 0.3) is 5.91 Å². The first-order valence-electron chi connectivity index (χ1n) is 7.95. The molecular formula is C16H22N6O2. The standard InChI is InChI=1S/C16H22N6O2/c1-20-10-12(7-19-20)15(23)21(2)13-5-4-6-22(11-13)16-17-8-14(24-3)9-18-16/h7-10,13H,4-6,11H2,1-3H3. The van der Waals surface area contributed by atoms with Gasteiger partial charge < -0.3 is 14.5 Å². The number of amides is 1. The molecule has 0 aliphatic carbocycles. The van der Waals surface area contributed by atoms with E-state index >= 15 is 0 Å². The summed E-state index contributed by atoms with van der Waals surface area (Å²) >= 11 is 0. The number of methoxy groups -OCH3 is 1. The van der Waals surface area contributed by atoms with Gasteiger partial charge in [-0.2, -0.15) is 5.10 Å². The predicted molar refractivity (Wildman–Crippen MR) is 89.1 cm³/mol. The summed E-state index contributed by atoms with van der Waals surface area (Å²) in [4.78, 5) is 25.2. The van der Waals surface area contributed by atoms with Crippen molar-refractivity contribution < 1.29 is 9.53 Å². The predicted octanol–water partition coefficient (Wildman–Crippen LogP) is 0.960. The Morgan fingerprint density at radius 2 is 2.08 bits per heavy atom. The molecule has 0 radical (unpaired) electrons. The molecule has 8 heteroatoms. The van der Waals surface area contributed by atoms with Crippen molar-refractivity contribution in [3.63, 3.8) is 0 Å². The first kappa shape index (κ1) is 16.2. The van der Waals surface area contributed by atoms with Crippen molar-refractivity contribution >= 4 is 11.9 Å². The zero-order chi connectivity index (χ0) is 17.1. The van der Waals surface area contributed by atoms with Gasteiger partial charge in [-0.3, -0.25) is 9.48 Å². The highest BCUT2D eigenvalue weighted by Gasteiger charge is 2.28. The average molecular weight is 330 g/mol. The van der Waals surface area contributed by atoms with Gasteiger partial charge in [0, 0.05) is 39.4 Å². The minimum Gasteiger partial charge on any atom is -0.494 e. The lowest BCUT2D eigenvalue weighted by molar-refractivity contribution is 0.0717. The molecule has 0 N–H and O–H groups in total. The fourth-order valence-electron chi connectivity index (χ4n) is 2.93. The van der Waals surface area contributed by atoms with Crippen molar-refractivity contribution in [1.82, 2.24) is 24.6 Å². The van der Waals surface area contributed by atoms with Crippen LogP contribution < -0.4 is 9.64 Å². The number of aromatic nitrogens is 4. The number of likely N-dealkylation sites (N-methyl/N-ethyl adjacent to an activating group) is 1. The highest BCUT2D eigenvalue weighted by molar-refractivity contribution is 5.93. The lowest BCUT2D eigenvalue weighted by Gasteiger charge is -2.37. The molecule has 1 unspecified atom stereocenters. The minimum atomic E-state index is -0.00870. The zero-order valence-corrected chi connectivity index (χ0v) is 14.2. The normalized spacial score (nSPS) is 17.6. The van der Waals surface area contributed by atoms with Gasteiger partial charge in [-0.05, 0) is 12.8 Å². The van der Waals surface area contributed by atoms with Gasteiger partial charge in [-0.25, -0.2) is 9.97 Å². The Morgan fingerprint density at radius 3 is 2.71 bits per heavy atom. The van der Waals surface area contributed by atoms with E-state index in [1.807, 2.05) is 7.05 Å². The molecule has 24 heavy (non-hydrogen) atoms. The van der Waals surface area contributed by atoms with Crippen LogP contribution in [-0.2, 0) is 7.05 Å². The monoisotopic (exact) mass is 330 g/mol. The summed E-state index contributed by atoms with van der Waals surface area (Å²) in [5.41, 5.74) is 0.609. The second kappa shape index (κ2) is 6.86. The Morgan fingerprint density at radius 1 is 1.33 bits per heavy atom. The van der Waals surface area contributed by atoms with Crippen molar-refractivity contribution in [1.29, 1.82) is 0 Å². The van der Waals surface area contributed by atoms with Gasteiger partial charge in [0.05, 0.1) is 31.3 Å². The first-order chi connectivity index (χ1) is 11.6. The second-order valence-electron chi connectivity index (χ2n) is 5.98. The van der Waals surface area contributed by atoms with E-state index in [9.17, 15) is 4.79 Å². The molecule has 1 amide bonds. The maximum Gasteiger partial charge on any atom is 0.257 e. The molecule has 1 saturated heterocycles. The van der Waals surface area contributed by atoms with Crippen LogP contribution in [0, 0.1) is 0 Å². The third-order valence-electron chi connectivity index (χ3n) is 4.35. The molecule has 1 aliphatic rings. The number of ether oxygens (including phenoxy) is 1. The van der Waals surface area contributed by atoms with E-state index < -0.39 is 0 Å². The molecule has 3 heterocycles. The molecule has 1 atom stereocenters. The summed E-state index contributed by atoms with van der Waals surface area (Å²) in [6.45, 7) is 1.60. The fourth-order valence-corrected chi connectivity index (χ4v) is 2.93. The molecule has 1 aliphatic heterocycles. The van der Waals surface area contributed by atoms with Crippen LogP contribution in [0.4, 0.5) is 5.95 Å². The lowest BCUT2D eigenvalue weighted by atomic mass is 10.0. The Bertz CT molecular complexity index is 699. The van der Waals surface area contributed by atoms with Gasteiger partial charge in [-0.1, -0.05) is 0 Å². The van der Waals surface area contributed by atoms with Crippen LogP contribution in [0.1, 0.15) is 23.2 Å². The minimum absolute atomic E-state index is 0.00870. The third kappa shape index (κ3) is 3.32. The molecule has 8 nitrogen and oxygen atoms in total. The highest BCUT2D eigenvalue weighted by atomic mass is 16.5. The van der Waals surface area contributed by atoms with Crippen LogP contribution in [0.25, 0.3) is 0 Å². The number of aryl methyl sites for hydroxylation is 1. The number of piperidine rings is 1. The maximum atomic E-state index is 12.6.